The molecule has 1 aliphatic heterocycles. The number of benzene rings is 1. The van der Waals surface area contributed by atoms with Crippen LogP contribution in [-0.2, 0) is 9.53 Å². The number of para-hydroxylation sites is 1. The van der Waals surface area contributed by atoms with Gasteiger partial charge < -0.3 is 0 Å². The Morgan fingerprint density at radius 2 is 1.52 bits per heavy atom. The van der Waals surface area contributed by atoms with Crippen LogP contribution in [-0.4, -0.2) is 38.1 Å². The summed E-state index contributed by atoms with van der Waals surface area (Å²) in [4.78, 5) is 13.0. The summed E-state index contributed by atoms with van der Waals surface area (Å²) in [6.45, 7) is 7.20. The zero-order valence-corrected chi connectivity index (χ0v) is 20.5. The molecule has 1 aromatic carbocycles. The maximum absolute atomic E-state index is 13.0. The van der Waals surface area contributed by atoms with Crippen LogP contribution in [0.2, 0.25) is 13.3 Å². The number of hydrogen-bond donors (Lipinski definition) is 0. The van der Waals surface area contributed by atoms with Gasteiger partial charge in [0, 0.05) is 0 Å². The minimum absolute atomic E-state index is 0.0185. The molecule has 0 bridgehead atoms. The second-order valence-corrected chi connectivity index (χ2v) is 20.7. The molecule has 0 unspecified atom stereocenters. The van der Waals surface area contributed by atoms with E-state index in [4.69, 9.17) is 9.47 Å². The maximum atomic E-state index is 13.0. The zero-order chi connectivity index (χ0) is 19.7. The van der Waals surface area contributed by atoms with Crippen LogP contribution in [0.5, 0.6) is 5.75 Å². The monoisotopic (exact) mass is 480 g/mol. The molecule has 27 heavy (non-hydrogen) atoms. The number of unbranched alkanes of at least 4 members (excludes halogenated alkanes) is 3. The van der Waals surface area contributed by atoms with E-state index in [9.17, 15) is 4.79 Å². The molecular weight excluding hydrogens is 443 g/mol. The Kier molecular flexibility index (Phi) is 9.20. The summed E-state index contributed by atoms with van der Waals surface area (Å²) < 4.78 is 16.2. The van der Waals surface area contributed by atoms with Gasteiger partial charge in [-0.1, -0.05) is 0 Å². The van der Waals surface area contributed by atoms with Crippen LogP contribution in [0.3, 0.4) is 0 Å². The third-order valence-electron chi connectivity index (χ3n) is 5.84. The van der Waals surface area contributed by atoms with Gasteiger partial charge in [-0.15, -0.1) is 0 Å². The van der Waals surface area contributed by atoms with Crippen LogP contribution in [0, 0.1) is 0 Å². The fourth-order valence-corrected chi connectivity index (χ4v) is 21.3. The predicted molar refractivity (Wildman–Crippen MR) is 116 cm³/mol. The molecular formula is C23H36O3Sn. The predicted octanol–water partition coefficient (Wildman–Crippen LogP) is 6.39. The zero-order valence-electron chi connectivity index (χ0n) is 17.6. The summed E-state index contributed by atoms with van der Waals surface area (Å²) in [5, 5.41) is 0. The molecule has 3 nitrogen and oxygen atoms in total. The topological polar surface area (TPSA) is 35.5 Å². The van der Waals surface area contributed by atoms with E-state index in [1.807, 2.05) is 18.2 Å². The number of rotatable bonds is 12. The first-order valence-corrected chi connectivity index (χ1v) is 18.2. The fourth-order valence-electron chi connectivity index (χ4n) is 4.34. The van der Waals surface area contributed by atoms with Crippen molar-refractivity contribution in [3.05, 3.63) is 33.4 Å². The minimum atomic E-state index is -2.86. The fraction of sp³-hybridized carbons (Fsp3) is 0.609. The number of cyclic esters (lactones) is 1. The number of methoxy groups -OCH3 is 1. The molecule has 0 spiro atoms. The van der Waals surface area contributed by atoms with Gasteiger partial charge in [0.2, 0.25) is 0 Å². The van der Waals surface area contributed by atoms with Crippen molar-refractivity contribution in [2.24, 2.45) is 0 Å². The van der Waals surface area contributed by atoms with Crippen molar-refractivity contribution >= 4 is 29.9 Å². The molecule has 4 heteroatoms. The SMILES string of the molecule is CCC[CH2][Sn]([CH2]CCC)([CH2]CCC)[C]1=C(c2ccccc2OC)COC1=O. The van der Waals surface area contributed by atoms with Gasteiger partial charge in [0.15, 0.2) is 0 Å². The van der Waals surface area contributed by atoms with Crippen LogP contribution < -0.4 is 4.74 Å². The second kappa shape index (κ2) is 11.1. The molecule has 0 saturated carbocycles. The van der Waals surface area contributed by atoms with Crippen molar-refractivity contribution in [1.29, 1.82) is 0 Å². The summed E-state index contributed by atoms with van der Waals surface area (Å²) in [6.07, 6.45) is 7.30. The van der Waals surface area contributed by atoms with E-state index in [0.717, 1.165) is 20.5 Å². The first-order chi connectivity index (χ1) is 13.1. The second-order valence-electron chi connectivity index (χ2n) is 7.72. The van der Waals surface area contributed by atoms with Gasteiger partial charge >= 0.3 is 170 Å². The molecule has 0 aliphatic carbocycles. The van der Waals surface area contributed by atoms with E-state index in [0.29, 0.717) is 6.61 Å². The third-order valence-corrected chi connectivity index (χ3v) is 21.5. The summed E-state index contributed by atoms with van der Waals surface area (Å²) in [5.74, 6) is 0.833. The molecule has 0 N–H and O–H groups in total. The van der Waals surface area contributed by atoms with Crippen molar-refractivity contribution in [2.45, 2.75) is 72.6 Å². The first-order valence-electron chi connectivity index (χ1n) is 10.7. The molecule has 2 rings (SSSR count). The van der Waals surface area contributed by atoms with Crippen molar-refractivity contribution in [3.8, 4) is 5.75 Å². The van der Waals surface area contributed by atoms with Gasteiger partial charge in [0.25, 0.3) is 0 Å². The van der Waals surface area contributed by atoms with Gasteiger partial charge in [0.1, 0.15) is 0 Å². The standard InChI is InChI=1S/C11H9O3.3C4H9.Sn/c1-13-10-5-3-2-4-9(10)8-6-11(12)14-7-8;3*1-3-4-2;/h2-5H,7H2,1H3;3*1,3-4H2,2H3;. The van der Waals surface area contributed by atoms with Gasteiger partial charge in [0.05, 0.1) is 0 Å². The molecule has 0 atom stereocenters. The van der Waals surface area contributed by atoms with E-state index in [1.165, 1.54) is 51.8 Å². The Morgan fingerprint density at radius 3 is 2.04 bits per heavy atom. The van der Waals surface area contributed by atoms with E-state index >= 15 is 0 Å². The molecule has 1 aliphatic rings. The Hall–Kier alpha value is -0.971. The van der Waals surface area contributed by atoms with Gasteiger partial charge in [-0.05, 0) is 0 Å². The number of esters is 1. The van der Waals surface area contributed by atoms with Crippen molar-refractivity contribution in [1.82, 2.24) is 0 Å². The van der Waals surface area contributed by atoms with E-state index < -0.39 is 18.4 Å². The van der Waals surface area contributed by atoms with Crippen LogP contribution in [0.15, 0.2) is 27.9 Å². The molecule has 0 radical (unpaired) electrons. The number of ether oxygens (including phenoxy) is 2. The third kappa shape index (κ3) is 5.30. The van der Waals surface area contributed by atoms with Gasteiger partial charge in [-0.25, -0.2) is 0 Å². The molecule has 0 fully saturated rings. The average Bonchev–Trinajstić information content (AvgIpc) is 3.09. The summed E-state index contributed by atoms with van der Waals surface area (Å²) in [7, 11) is 1.71. The van der Waals surface area contributed by atoms with Crippen LogP contribution in [0.1, 0.15) is 64.9 Å². The van der Waals surface area contributed by atoms with Crippen LogP contribution in [0.25, 0.3) is 5.57 Å². The van der Waals surface area contributed by atoms with Gasteiger partial charge in [-0.2, -0.15) is 0 Å². The molecule has 0 saturated heterocycles. The van der Waals surface area contributed by atoms with Crippen molar-refractivity contribution in [2.75, 3.05) is 13.7 Å². The first kappa shape index (κ1) is 22.3. The van der Waals surface area contributed by atoms with Crippen molar-refractivity contribution in [3.63, 3.8) is 0 Å². The average molecular weight is 479 g/mol. The molecule has 1 heterocycles. The van der Waals surface area contributed by atoms with E-state index in [2.05, 4.69) is 26.8 Å². The Labute approximate surface area is 169 Å². The van der Waals surface area contributed by atoms with Crippen molar-refractivity contribution < 1.29 is 14.3 Å². The number of carbonyl (C=O) groups is 1. The number of hydrogen-bond acceptors (Lipinski definition) is 3. The quantitative estimate of drug-likeness (QED) is 0.257. The van der Waals surface area contributed by atoms with E-state index in [1.54, 1.807) is 7.11 Å². The van der Waals surface area contributed by atoms with Gasteiger partial charge in [-0.3, -0.25) is 0 Å². The Bertz CT molecular complexity index is 629. The van der Waals surface area contributed by atoms with Crippen LogP contribution in [0.4, 0.5) is 0 Å². The summed E-state index contributed by atoms with van der Waals surface area (Å²) in [5.41, 5.74) is 2.20. The van der Waals surface area contributed by atoms with Crippen LogP contribution >= 0.6 is 0 Å². The number of carbonyl (C=O) groups excluding carboxylic acids is 1. The molecule has 1 aromatic rings. The summed E-state index contributed by atoms with van der Waals surface area (Å²) >= 11 is -2.86. The normalized spacial score (nSPS) is 14.6. The Balaban J connectivity index is 2.60. The molecule has 150 valence electrons. The van der Waals surface area contributed by atoms with E-state index in [-0.39, 0.29) is 5.97 Å². The molecule has 0 aromatic heterocycles. The summed E-state index contributed by atoms with van der Waals surface area (Å²) in [6, 6.07) is 8.10. The molecule has 0 amide bonds. The Morgan fingerprint density at radius 1 is 0.963 bits per heavy atom.